The topological polar surface area (TPSA) is 9.23 Å². The van der Waals surface area contributed by atoms with Crippen LogP contribution in [-0.4, -0.2) is 18.6 Å². The third-order valence-electron chi connectivity index (χ3n) is 2.28. The molecule has 0 N–H and O–H groups in total. The van der Waals surface area contributed by atoms with Crippen LogP contribution in [0.1, 0.15) is 0 Å². The molecule has 15 heavy (non-hydrogen) atoms. The zero-order valence-electron chi connectivity index (χ0n) is 8.77. The lowest BCUT2D eigenvalue weighted by molar-refractivity contribution is 0.344. The molecule has 78 valence electrons. The number of thioether (sulfide) groups is 1. The monoisotopic (exact) mass is 218 g/mol. The minimum Gasteiger partial charge on any atom is -0.493 e. The van der Waals surface area contributed by atoms with Crippen molar-refractivity contribution < 1.29 is 4.74 Å². The minimum absolute atomic E-state index is 0.777. The summed E-state index contributed by atoms with van der Waals surface area (Å²) < 4.78 is 5.63. The number of benzene rings is 2. The van der Waals surface area contributed by atoms with Crippen molar-refractivity contribution in [3.63, 3.8) is 0 Å². The summed E-state index contributed by atoms with van der Waals surface area (Å²) in [5.74, 6) is 2.00. The van der Waals surface area contributed by atoms with E-state index in [0.29, 0.717) is 0 Å². The molecule has 2 heteroatoms. The molecule has 0 fully saturated rings. The molecular weight excluding hydrogens is 204 g/mol. The van der Waals surface area contributed by atoms with E-state index in [1.807, 2.05) is 12.1 Å². The molecule has 0 heterocycles. The zero-order chi connectivity index (χ0) is 10.5. The van der Waals surface area contributed by atoms with Gasteiger partial charge < -0.3 is 4.74 Å². The predicted molar refractivity (Wildman–Crippen MR) is 67.8 cm³/mol. The molecule has 0 aromatic heterocycles. The van der Waals surface area contributed by atoms with E-state index >= 15 is 0 Å². The van der Waals surface area contributed by atoms with Gasteiger partial charge in [-0.2, -0.15) is 11.8 Å². The number of hydrogen-bond donors (Lipinski definition) is 0. The van der Waals surface area contributed by atoms with Crippen molar-refractivity contribution in [3.05, 3.63) is 42.5 Å². The SMILES string of the molecule is CSCCOc1ccc2ccccc2c1. The summed E-state index contributed by atoms with van der Waals surface area (Å²) in [4.78, 5) is 0. The normalized spacial score (nSPS) is 10.5. The lowest BCUT2D eigenvalue weighted by atomic mass is 10.1. The van der Waals surface area contributed by atoms with E-state index in [9.17, 15) is 0 Å². The Labute approximate surface area is 94.4 Å². The fourth-order valence-electron chi connectivity index (χ4n) is 1.50. The van der Waals surface area contributed by atoms with Gasteiger partial charge in [0.15, 0.2) is 0 Å². The van der Waals surface area contributed by atoms with E-state index in [1.165, 1.54) is 10.8 Å². The Kier molecular flexibility index (Phi) is 3.51. The van der Waals surface area contributed by atoms with Crippen LogP contribution < -0.4 is 4.74 Å². The predicted octanol–water partition coefficient (Wildman–Crippen LogP) is 3.58. The van der Waals surface area contributed by atoms with Crippen LogP contribution >= 0.6 is 11.8 Å². The highest BCUT2D eigenvalue weighted by atomic mass is 32.2. The van der Waals surface area contributed by atoms with Crippen LogP contribution in [0.2, 0.25) is 0 Å². The second kappa shape index (κ2) is 5.08. The Morgan fingerprint density at radius 1 is 1.07 bits per heavy atom. The fourth-order valence-corrected chi connectivity index (χ4v) is 1.75. The van der Waals surface area contributed by atoms with Gasteiger partial charge >= 0.3 is 0 Å². The van der Waals surface area contributed by atoms with Gasteiger partial charge in [-0.3, -0.25) is 0 Å². The van der Waals surface area contributed by atoms with Gasteiger partial charge in [0.05, 0.1) is 6.61 Å². The van der Waals surface area contributed by atoms with Crippen LogP contribution in [0.5, 0.6) is 5.75 Å². The van der Waals surface area contributed by atoms with Crippen LogP contribution in [0, 0.1) is 0 Å². The van der Waals surface area contributed by atoms with Gasteiger partial charge in [0.1, 0.15) is 5.75 Å². The molecule has 0 bridgehead atoms. The maximum absolute atomic E-state index is 5.63. The van der Waals surface area contributed by atoms with Crippen molar-refractivity contribution in [3.8, 4) is 5.75 Å². The van der Waals surface area contributed by atoms with Crippen molar-refractivity contribution in [2.45, 2.75) is 0 Å². The van der Waals surface area contributed by atoms with E-state index in [2.05, 4.69) is 36.6 Å². The third-order valence-corrected chi connectivity index (χ3v) is 2.85. The first kappa shape index (κ1) is 10.4. The lowest BCUT2D eigenvalue weighted by Crippen LogP contribution is -1.99. The summed E-state index contributed by atoms with van der Waals surface area (Å²) in [6.45, 7) is 0.777. The van der Waals surface area contributed by atoms with E-state index in [1.54, 1.807) is 11.8 Å². The molecule has 0 amide bonds. The molecule has 0 aliphatic rings. The van der Waals surface area contributed by atoms with E-state index in [0.717, 1.165) is 18.1 Å². The highest BCUT2D eigenvalue weighted by Crippen LogP contribution is 2.20. The van der Waals surface area contributed by atoms with Crippen molar-refractivity contribution in [2.24, 2.45) is 0 Å². The molecule has 0 aliphatic carbocycles. The van der Waals surface area contributed by atoms with Crippen LogP contribution in [0.4, 0.5) is 0 Å². The molecule has 0 saturated carbocycles. The van der Waals surface area contributed by atoms with Crippen molar-refractivity contribution in [2.75, 3.05) is 18.6 Å². The number of hydrogen-bond acceptors (Lipinski definition) is 2. The second-order valence-electron chi connectivity index (χ2n) is 3.35. The maximum Gasteiger partial charge on any atom is 0.119 e. The Morgan fingerprint density at radius 3 is 2.67 bits per heavy atom. The summed E-state index contributed by atoms with van der Waals surface area (Å²) in [5.41, 5.74) is 0. The fraction of sp³-hybridized carbons (Fsp3) is 0.231. The zero-order valence-corrected chi connectivity index (χ0v) is 9.59. The van der Waals surface area contributed by atoms with Crippen molar-refractivity contribution in [1.82, 2.24) is 0 Å². The Bertz CT molecular complexity index is 439. The average molecular weight is 218 g/mol. The van der Waals surface area contributed by atoms with Crippen LogP contribution in [0.25, 0.3) is 10.8 Å². The van der Waals surface area contributed by atoms with Gasteiger partial charge in [-0.15, -0.1) is 0 Å². The summed E-state index contributed by atoms with van der Waals surface area (Å²) in [7, 11) is 0. The van der Waals surface area contributed by atoms with Gasteiger partial charge in [0.25, 0.3) is 0 Å². The van der Waals surface area contributed by atoms with Gasteiger partial charge in [0.2, 0.25) is 0 Å². The smallest absolute Gasteiger partial charge is 0.119 e. The number of rotatable bonds is 4. The second-order valence-corrected chi connectivity index (χ2v) is 4.34. The Hall–Kier alpha value is -1.15. The molecule has 0 spiro atoms. The molecular formula is C13H14OS. The highest BCUT2D eigenvalue weighted by molar-refractivity contribution is 7.98. The van der Waals surface area contributed by atoms with E-state index in [4.69, 9.17) is 4.74 Å². The van der Waals surface area contributed by atoms with Crippen LogP contribution in [0.3, 0.4) is 0 Å². The molecule has 2 aromatic rings. The van der Waals surface area contributed by atoms with Crippen LogP contribution in [-0.2, 0) is 0 Å². The molecule has 0 atom stereocenters. The first-order valence-corrected chi connectivity index (χ1v) is 6.40. The molecule has 2 rings (SSSR count). The lowest BCUT2D eigenvalue weighted by Gasteiger charge is -2.06. The van der Waals surface area contributed by atoms with Gasteiger partial charge in [0, 0.05) is 5.75 Å². The summed E-state index contributed by atoms with van der Waals surface area (Å²) in [6, 6.07) is 14.5. The summed E-state index contributed by atoms with van der Waals surface area (Å²) >= 11 is 1.80. The minimum atomic E-state index is 0.777. The first-order chi connectivity index (χ1) is 7.40. The summed E-state index contributed by atoms with van der Waals surface area (Å²) in [5, 5.41) is 2.49. The molecule has 0 unspecified atom stereocenters. The van der Waals surface area contributed by atoms with Crippen molar-refractivity contribution in [1.29, 1.82) is 0 Å². The van der Waals surface area contributed by atoms with Gasteiger partial charge in [-0.1, -0.05) is 30.3 Å². The van der Waals surface area contributed by atoms with Gasteiger partial charge in [-0.05, 0) is 29.2 Å². The molecule has 1 nitrogen and oxygen atoms in total. The molecule has 0 radical (unpaired) electrons. The quantitative estimate of drug-likeness (QED) is 0.725. The van der Waals surface area contributed by atoms with Crippen LogP contribution in [0.15, 0.2) is 42.5 Å². The van der Waals surface area contributed by atoms with E-state index in [-0.39, 0.29) is 0 Å². The molecule has 2 aromatic carbocycles. The standard InChI is InChI=1S/C13H14OS/c1-15-9-8-14-13-7-6-11-4-2-3-5-12(11)10-13/h2-7,10H,8-9H2,1H3. The Balaban J connectivity index is 2.16. The number of ether oxygens (including phenoxy) is 1. The largest absolute Gasteiger partial charge is 0.493 e. The average Bonchev–Trinajstić information content (AvgIpc) is 2.29. The highest BCUT2D eigenvalue weighted by Gasteiger charge is 1.96. The van der Waals surface area contributed by atoms with Crippen molar-refractivity contribution >= 4 is 22.5 Å². The maximum atomic E-state index is 5.63. The number of fused-ring (bicyclic) bond motifs is 1. The van der Waals surface area contributed by atoms with E-state index < -0.39 is 0 Å². The molecule has 0 aliphatic heterocycles. The summed E-state index contributed by atoms with van der Waals surface area (Å²) in [6.07, 6.45) is 2.09. The third kappa shape index (κ3) is 2.66. The van der Waals surface area contributed by atoms with Gasteiger partial charge in [-0.25, -0.2) is 0 Å². The Morgan fingerprint density at radius 2 is 1.87 bits per heavy atom. The first-order valence-electron chi connectivity index (χ1n) is 5.01. The molecule has 0 saturated heterocycles.